The number of carbonyl (C=O) groups excluding carboxylic acids is 1. The second-order valence-corrected chi connectivity index (χ2v) is 6.53. The molecule has 1 aliphatic carbocycles. The van der Waals surface area contributed by atoms with E-state index in [9.17, 15) is 4.79 Å². The lowest BCUT2D eigenvalue weighted by Crippen LogP contribution is -2.40. The topological polar surface area (TPSA) is 61.5 Å². The van der Waals surface area contributed by atoms with E-state index in [1.54, 1.807) is 7.11 Å². The number of terminal acetylenes is 1. The molecule has 2 rings (SSSR count). The lowest BCUT2D eigenvalue weighted by atomic mass is 9.68. The summed E-state index contributed by atoms with van der Waals surface area (Å²) >= 11 is 0. The summed E-state index contributed by atoms with van der Waals surface area (Å²) in [5.74, 6) is 3.08. The molecule has 2 N–H and O–H groups in total. The quantitative estimate of drug-likeness (QED) is 0.685. The minimum Gasteiger partial charge on any atom is -0.497 e. The van der Waals surface area contributed by atoms with Crippen LogP contribution in [0.5, 0.6) is 5.75 Å². The summed E-state index contributed by atoms with van der Waals surface area (Å²) in [6, 6.07) is 7.31. The molecule has 1 fully saturated rings. The first-order chi connectivity index (χ1) is 10.3. The minimum absolute atomic E-state index is 0.0698. The third-order valence-corrected chi connectivity index (χ3v) is 4.62. The monoisotopic (exact) mass is 301 g/mol. The van der Waals surface area contributed by atoms with E-state index in [-0.39, 0.29) is 24.0 Å². The van der Waals surface area contributed by atoms with Crippen LogP contribution in [0.4, 0.5) is 0 Å². The molecule has 0 unspecified atom stereocenters. The third kappa shape index (κ3) is 2.82. The van der Waals surface area contributed by atoms with Crippen molar-refractivity contribution in [2.75, 3.05) is 7.11 Å². The van der Waals surface area contributed by atoms with Crippen molar-refractivity contribution in [3.05, 3.63) is 29.8 Å². The number of benzene rings is 1. The normalized spacial score (nSPS) is 26.2. The second kappa shape index (κ2) is 6.02. The molecule has 0 aliphatic heterocycles. The molecule has 1 aliphatic rings. The van der Waals surface area contributed by atoms with Crippen molar-refractivity contribution in [1.29, 1.82) is 0 Å². The molecular weight excluding hydrogens is 278 g/mol. The molecule has 118 valence electrons. The van der Waals surface area contributed by atoms with E-state index in [0.29, 0.717) is 6.42 Å². The van der Waals surface area contributed by atoms with Gasteiger partial charge < -0.3 is 15.2 Å². The van der Waals surface area contributed by atoms with Gasteiger partial charge in [-0.15, -0.1) is 6.42 Å². The largest absolute Gasteiger partial charge is 0.497 e. The van der Waals surface area contributed by atoms with Crippen molar-refractivity contribution >= 4 is 5.97 Å². The van der Waals surface area contributed by atoms with Gasteiger partial charge in [-0.25, -0.2) is 0 Å². The Balaban J connectivity index is 2.09. The molecule has 0 heterocycles. The van der Waals surface area contributed by atoms with E-state index in [0.717, 1.165) is 17.7 Å². The number of hydrogen-bond donors (Lipinski definition) is 1. The number of carbonyl (C=O) groups is 1. The first-order valence-corrected chi connectivity index (χ1v) is 7.38. The predicted molar refractivity (Wildman–Crippen MR) is 85.0 cm³/mol. The van der Waals surface area contributed by atoms with Crippen molar-refractivity contribution < 1.29 is 14.3 Å². The number of methoxy groups -OCH3 is 1. The highest BCUT2D eigenvalue weighted by Crippen LogP contribution is 2.52. The lowest BCUT2D eigenvalue weighted by molar-refractivity contribution is -0.158. The summed E-state index contributed by atoms with van der Waals surface area (Å²) in [5.41, 5.74) is 5.60. The van der Waals surface area contributed by atoms with Crippen LogP contribution in [-0.2, 0) is 16.1 Å². The summed E-state index contributed by atoms with van der Waals surface area (Å²) in [5, 5.41) is 0. The maximum Gasteiger partial charge on any atom is 0.325 e. The van der Waals surface area contributed by atoms with Crippen molar-refractivity contribution in [2.24, 2.45) is 16.6 Å². The van der Waals surface area contributed by atoms with Gasteiger partial charge in [0.1, 0.15) is 17.8 Å². The Bertz CT molecular complexity index is 585. The molecular formula is C18H23NO3. The molecule has 1 aromatic carbocycles. The van der Waals surface area contributed by atoms with Crippen LogP contribution in [0.3, 0.4) is 0 Å². The Hall–Kier alpha value is -1.99. The van der Waals surface area contributed by atoms with Gasteiger partial charge in [-0.3, -0.25) is 4.79 Å². The minimum atomic E-state index is -0.946. The smallest absolute Gasteiger partial charge is 0.325 e. The maximum atomic E-state index is 12.6. The van der Waals surface area contributed by atoms with Crippen LogP contribution in [0.15, 0.2) is 24.3 Å². The molecule has 0 spiro atoms. The summed E-state index contributed by atoms with van der Waals surface area (Å²) in [6.07, 6.45) is 6.88. The highest BCUT2D eigenvalue weighted by atomic mass is 16.5. The van der Waals surface area contributed by atoms with Crippen LogP contribution in [0, 0.1) is 23.2 Å². The fourth-order valence-electron chi connectivity index (χ4n) is 3.24. The molecule has 0 bridgehead atoms. The van der Waals surface area contributed by atoms with E-state index in [1.165, 1.54) is 0 Å². The Kier molecular flexibility index (Phi) is 4.48. The van der Waals surface area contributed by atoms with Crippen molar-refractivity contribution in [1.82, 2.24) is 0 Å². The molecule has 2 atom stereocenters. The Morgan fingerprint density at radius 3 is 2.45 bits per heavy atom. The average Bonchev–Trinajstić information content (AvgIpc) is 2.74. The maximum absolute atomic E-state index is 12.6. The van der Waals surface area contributed by atoms with E-state index < -0.39 is 5.41 Å². The van der Waals surface area contributed by atoms with Gasteiger partial charge >= 0.3 is 5.97 Å². The lowest BCUT2D eigenvalue weighted by Gasteiger charge is -2.34. The standard InChI is InChI=1S/C18H23NO3/c1-5-18(11-14(19)10-17(18,2)3)16(20)22-12-13-6-8-15(21-4)9-7-13/h1,6-9,14H,10-12,19H2,2-4H3/t14-,18+/m1/s1. The summed E-state index contributed by atoms with van der Waals surface area (Å²) in [4.78, 5) is 12.6. The average molecular weight is 301 g/mol. The first kappa shape index (κ1) is 16.4. The van der Waals surface area contributed by atoms with Gasteiger partial charge in [0.05, 0.1) is 7.11 Å². The zero-order chi connectivity index (χ0) is 16.4. The van der Waals surface area contributed by atoms with Gasteiger partial charge in [-0.1, -0.05) is 31.9 Å². The van der Waals surface area contributed by atoms with Gasteiger partial charge in [-0.2, -0.15) is 0 Å². The molecule has 0 aromatic heterocycles. The summed E-state index contributed by atoms with van der Waals surface area (Å²) in [6.45, 7) is 4.15. The molecule has 1 saturated carbocycles. The van der Waals surface area contributed by atoms with Crippen LogP contribution >= 0.6 is 0 Å². The predicted octanol–water partition coefficient (Wildman–Crippen LogP) is 2.51. The first-order valence-electron chi connectivity index (χ1n) is 7.38. The van der Waals surface area contributed by atoms with Gasteiger partial charge in [0.25, 0.3) is 0 Å². The number of rotatable bonds is 4. The third-order valence-electron chi connectivity index (χ3n) is 4.62. The zero-order valence-electron chi connectivity index (χ0n) is 13.4. The zero-order valence-corrected chi connectivity index (χ0v) is 13.4. The van der Waals surface area contributed by atoms with Gasteiger partial charge in [0, 0.05) is 6.04 Å². The van der Waals surface area contributed by atoms with E-state index in [4.69, 9.17) is 21.6 Å². The number of esters is 1. The molecule has 1 aromatic rings. The highest BCUT2D eigenvalue weighted by Gasteiger charge is 2.57. The Morgan fingerprint density at radius 1 is 1.36 bits per heavy atom. The summed E-state index contributed by atoms with van der Waals surface area (Å²) < 4.78 is 10.6. The van der Waals surface area contributed by atoms with E-state index in [2.05, 4.69) is 5.92 Å². The van der Waals surface area contributed by atoms with E-state index >= 15 is 0 Å². The van der Waals surface area contributed by atoms with Crippen LogP contribution in [0.1, 0.15) is 32.3 Å². The molecule has 0 radical (unpaired) electrons. The second-order valence-electron chi connectivity index (χ2n) is 6.53. The molecule has 4 nitrogen and oxygen atoms in total. The van der Waals surface area contributed by atoms with Crippen molar-refractivity contribution in [3.8, 4) is 18.1 Å². The van der Waals surface area contributed by atoms with Crippen molar-refractivity contribution in [3.63, 3.8) is 0 Å². The number of ether oxygens (including phenoxy) is 2. The van der Waals surface area contributed by atoms with Gasteiger partial charge in [0.2, 0.25) is 0 Å². The molecule has 22 heavy (non-hydrogen) atoms. The Morgan fingerprint density at radius 2 is 2.00 bits per heavy atom. The van der Waals surface area contributed by atoms with Crippen LogP contribution in [-0.4, -0.2) is 19.1 Å². The Labute approximate surface area is 132 Å². The summed E-state index contributed by atoms with van der Waals surface area (Å²) in [7, 11) is 1.61. The van der Waals surface area contributed by atoms with Crippen LogP contribution in [0.2, 0.25) is 0 Å². The fraction of sp³-hybridized carbons (Fsp3) is 0.500. The number of hydrogen-bond acceptors (Lipinski definition) is 4. The van der Waals surface area contributed by atoms with Gasteiger partial charge in [0.15, 0.2) is 0 Å². The molecule has 0 amide bonds. The van der Waals surface area contributed by atoms with Gasteiger partial charge in [-0.05, 0) is 36.0 Å². The molecule has 0 saturated heterocycles. The highest BCUT2D eigenvalue weighted by molar-refractivity contribution is 5.82. The van der Waals surface area contributed by atoms with Crippen molar-refractivity contribution in [2.45, 2.75) is 39.3 Å². The molecule has 4 heteroatoms. The fourth-order valence-corrected chi connectivity index (χ4v) is 3.24. The van der Waals surface area contributed by atoms with Crippen LogP contribution < -0.4 is 10.5 Å². The SMILES string of the molecule is C#C[C@@]1(C(=O)OCc2ccc(OC)cc2)C[C@H](N)CC1(C)C. The van der Waals surface area contributed by atoms with Crippen LogP contribution in [0.25, 0.3) is 0 Å². The van der Waals surface area contributed by atoms with E-state index in [1.807, 2.05) is 38.1 Å². The number of nitrogens with two attached hydrogens (primary N) is 1.